The number of nitrogens with one attached hydrogen (secondary N) is 1. The Morgan fingerprint density at radius 3 is 2.77 bits per heavy atom. The van der Waals surface area contributed by atoms with Crippen molar-refractivity contribution in [3.63, 3.8) is 0 Å². The number of benzene rings is 1. The van der Waals surface area contributed by atoms with Crippen LogP contribution in [0, 0.1) is 20.8 Å². The van der Waals surface area contributed by atoms with E-state index in [4.69, 9.17) is 4.74 Å². The van der Waals surface area contributed by atoms with Gasteiger partial charge < -0.3 is 10.1 Å². The summed E-state index contributed by atoms with van der Waals surface area (Å²) in [5.41, 5.74) is 4.07. The number of thiophene rings is 1. The Bertz CT molecular complexity index is 1020. The molecule has 1 saturated heterocycles. The second-order valence-corrected chi connectivity index (χ2v) is 9.66. The Hall–Kier alpha value is -2.16. The highest BCUT2D eigenvalue weighted by Crippen LogP contribution is 2.29. The molecule has 4 rings (SSSR count). The lowest BCUT2D eigenvalue weighted by Crippen LogP contribution is -2.18. The van der Waals surface area contributed by atoms with E-state index in [-0.39, 0.29) is 17.8 Å². The van der Waals surface area contributed by atoms with Gasteiger partial charge in [0, 0.05) is 28.1 Å². The molecule has 1 aliphatic heterocycles. The number of thioether (sulfide) groups is 1. The molecule has 1 aliphatic rings. The molecular formula is C22H26N4O2S2. The van der Waals surface area contributed by atoms with E-state index in [0.717, 1.165) is 52.8 Å². The first-order chi connectivity index (χ1) is 14.5. The van der Waals surface area contributed by atoms with Gasteiger partial charge in [0.15, 0.2) is 11.0 Å². The summed E-state index contributed by atoms with van der Waals surface area (Å²) < 4.78 is 7.95. The third-order valence-electron chi connectivity index (χ3n) is 5.19. The number of anilines is 1. The standard InChI is InChI=1S/C22H26N4O2S2/c1-14-6-4-7-15(2)20(14)23-19(27)13-30-22-25-24-21(17-10-16(3)29-12-17)26(22)11-18-8-5-9-28-18/h4,6-7,10,12,18H,5,8-9,11,13H2,1-3H3,(H,23,27). The number of nitrogens with zero attached hydrogens (tertiary/aromatic N) is 3. The predicted octanol–water partition coefficient (Wildman–Crippen LogP) is 4.84. The smallest absolute Gasteiger partial charge is 0.234 e. The van der Waals surface area contributed by atoms with Crippen LogP contribution >= 0.6 is 23.1 Å². The van der Waals surface area contributed by atoms with Crippen LogP contribution in [-0.4, -0.2) is 39.1 Å². The van der Waals surface area contributed by atoms with Crippen molar-refractivity contribution in [2.24, 2.45) is 0 Å². The zero-order valence-corrected chi connectivity index (χ0v) is 19.1. The van der Waals surface area contributed by atoms with E-state index in [0.29, 0.717) is 6.54 Å². The number of aromatic nitrogens is 3. The van der Waals surface area contributed by atoms with Gasteiger partial charge >= 0.3 is 0 Å². The Morgan fingerprint density at radius 1 is 1.30 bits per heavy atom. The number of para-hydroxylation sites is 1. The minimum Gasteiger partial charge on any atom is -0.376 e. The first-order valence-electron chi connectivity index (χ1n) is 10.1. The van der Waals surface area contributed by atoms with Crippen molar-refractivity contribution in [1.29, 1.82) is 0 Å². The lowest BCUT2D eigenvalue weighted by Gasteiger charge is -2.14. The van der Waals surface area contributed by atoms with Crippen LogP contribution in [0.2, 0.25) is 0 Å². The molecule has 0 spiro atoms. The topological polar surface area (TPSA) is 69.0 Å². The van der Waals surface area contributed by atoms with Gasteiger partial charge in [0.2, 0.25) is 5.91 Å². The summed E-state index contributed by atoms with van der Waals surface area (Å²) in [7, 11) is 0. The summed E-state index contributed by atoms with van der Waals surface area (Å²) in [6.45, 7) is 7.60. The van der Waals surface area contributed by atoms with Gasteiger partial charge in [0.25, 0.3) is 0 Å². The van der Waals surface area contributed by atoms with E-state index in [1.807, 2.05) is 32.0 Å². The van der Waals surface area contributed by atoms with Crippen molar-refractivity contribution in [3.8, 4) is 11.4 Å². The van der Waals surface area contributed by atoms with Crippen LogP contribution in [0.15, 0.2) is 34.8 Å². The van der Waals surface area contributed by atoms with Crippen molar-refractivity contribution >= 4 is 34.7 Å². The summed E-state index contributed by atoms with van der Waals surface area (Å²) in [6.07, 6.45) is 2.29. The van der Waals surface area contributed by atoms with Crippen LogP contribution in [0.3, 0.4) is 0 Å². The third kappa shape index (κ3) is 4.77. The fourth-order valence-electron chi connectivity index (χ4n) is 3.64. The fraction of sp³-hybridized carbons (Fsp3) is 0.409. The third-order valence-corrected chi connectivity index (χ3v) is 7.02. The normalized spacial score (nSPS) is 16.2. The molecule has 2 aromatic heterocycles. The van der Waals surface area contributed by atoms with Crippen molar-refractivity contribution in [3.05, 3.63) is 45.6 Å². The van der Waals surface area contributed by atoms with Gasteiger partial charge in [-0.3, -0.25) is 9.36 Å². The number of aryl methyl sites for hydroxylation is 3. The molecule has 3 aromatic rings. The molecule has 1 aromatic carbocycles. The van der Waals surface area contributed by atoms with E-state index in [2.05, 4.69) is 38.5 Å². The first kappa shape index (κ1) is 21.1. The Morgan fingerprint density at radius 2 is 2.10 bits per heavy atom. The molecule has 0 aliphatic carbocycles. The van der Waals surface area contributed by atoms with Crippen LogP contribution in [0.4, 0.5) is 5.69 Å². The number of hydrogen-bond acceptors (Lipinski definition) is 6. The molecule has 8 heteroatoms. The maximum Gasteiger partial charge on any atom is 0.234 e. The highest BCUT2D eigenvalue weighted by Gasteiger charge is 2.22. The van der Waals surface area contributed by atoms with Gasteiger partial charge in [-0.1, -0.05) is 30.0 Å². The molecule has 6 nitrogen and oxygen atoms in total. The highest BCUT2D eigenvalue weighted by molar-refractivity contribution is 7.99. The summed E-state index contributed by atoms with van der Waals surface area (Å²) in [5, 5.41) is 14.7. The van der Waals surface area contributed by atoms with Crippen molar-refractivity contribution in [2.45, 2.75) is 51.4 Å². The molecular weight excluding hydrogens is 416 g/mol. The average molecular weight is 443 g/mol. The van der Waals surface area contributed by atoms with Crippen LogP contribution in [-0.2, 0) is 16.1 Å². The van der Waals surface area contributed by atoms with Gasteiger partial charge in [-0.2, -0.15) is 0 Å². The van der Waals surface area contributed by atoms with E-state index in [9.17, 15) is 4.79 Å². The molecule has 0 saturated carbocycles. The number of rotatable bonds is 7. The molecule has 158 valence electrons. The SMILES string of the molecule is Cc1cc(-c2nnc(SCC(=O)Nc3c(C)cccc3C)n2CC2CCCO2)cs1. The van der Waals surface area contributed by atoms with Gasteiger partial charge in [0.1, 0.15) is 0 Å². The van der Waals surface area contributed by atoms with Crippen LogP contribution in [0.5, 0.6) is 0 Å². The molecule has 30 heavy (non-hydrogen) atoms. The summed E-state index contributed by atoms with van der Waals surface area (Å²) in [5.74, 6) is 1.07. The molecule has 3 heterocycles. The largest absolute Gasteiger partial charge is 0.376 e. The maximum absolute atomic E-state index is 12.6. The summed E-state index contributed by atoms with van der Waals surface area (Å²) in [4.78, 5) is 13.8. The van der Waals surface area contributed by atoms with Gasteiger partial charge in [-0.15, -0.1) is 21.5 Å². The van der Waals surface area contributed by atoms with Crippen molar-refractivity contribution in [1.82, 2.24) is 14.8 Å². The maximum atomic E-state index is 12.6. The van der Waals surface area contributed by atoms with E-state index in [1.165, 1.54) is 16.6 Å². The quantitative estimate of drug-likeness (QED) is 0.530. The molecule has 1 fully saturated rings. The van der Waals surface area contributed by atoms with E-state index < -0.39 is 0 Å². The summed E-state index contributed by atoms with van der Waals surface area (Å²) >= 11 is 3.12. The summed E-state index contributed by atoms with van der Waals surface area (Å²) in [6, 6.07) is 8.13. The Kier molecular flexibility index (Phi) is 6.55. The lowest BCUT2D eigenvalue weighted by molar-refractivity contribution is -0.113. The lowest BCUT2D eigenvalue weighted by atomic mass is 10.1. The average Bonchev–Trinajstić information content (AvgIpc) is 3.45. The van der Waals surface area contributed by atoms with Crippen molar-refractivity contribution in [2.75, 3.05) is 17.7 Å². The zero-order chi connectivity index (χ0) is 21.1. The molecule has 1 unspecified atom stereocenters. The van der Waals surface area contributed by atoms with Gasteiger partial charge in [-0.05, 0) is 50.8 Å². The van der Waals surface area contributed by atoms with Crippen molar-refractivity contribution < 1.29 is 9.53 Å². The number of carbonyl (C=O) groups is 1. The van der Waals surface area contributed by atoms with E-state index >= 15 is 0 Å². The second kappa shape index (κ2) is 9.32. The minimum absolute atomic E-state index is 0.0444. The minimum atomic E-state index is -0.0444. The zero-order valence-electron chi connectivity index (χ0n) is 17.5. The van der Waals surface area contributed by atoms with E-state index in [1.54, 1.807) is 11.3 Å². The Labute approximate surface area is 185 Å². The monoisotopic (exact) mass is 442 g/mol. The first-order valence-corrected chi connectivity index (χ1v) is 12.0. The molecule has 0 bridgehead atoms. The molecule has 1 N–H and O–H groups in total. The van der Waals surface area contributed by atoms with Gasteiger partial charge in [-0.25, -0.2) is 0 Å². The number of ether oxygens (including phenoxy) is 1. The number of hydrogen-bond donors (Lipinski definition) is 1. The molecule has 0 radical (unpaired) electrons. The second-order valence-electron chi connectivity index (χ2n) is 7.60. The number of carbonyl (C=O) groups excluding carboxylic acids is 1. The fourth-order valence-corrected chi connectivity index (χ4v) is 5.07. The van der Waals surface area contributed by atoms with Crippen LogP contribution < -0.4 is 5.32 Å². The highest BCUT2D eigenvalue weighted by atomic mass is 32.2. The van der Waals surface area contributed by atoms with Crippen LogP contribution in [0.1, 0.15) is 28.8 Å². The molecule has 1 amide bonds. The molecule has 1 atom stereocenters. The number of amides is 1. The predicted molar refractivity (Wildman–Crippen MR) is 122 cm³/mol. The van der Waals surface area contributed by atoms with Gasteiger partial charge in [0.05, 0.1) is 18.4 Å². The Balaban J connectivity index is 1.50. The van der Waals surface area contributed by atoms with Crippen LogP contribution in [0.25, 0.3) is 11.4 Å².